The molecule has 7 heteroatoms. The Kier molecular flexibility index (Phi) is 7.16. The summed E-state index contributed by atoms with van der Waals surface area (Å²) in [7, 11) is 0. The number of halogens is 1. The molecule has 2 aromatic rings. The van der Waals surface area contributed by atoms with Crippen molar-refractivity contribution < 1.29 is 28.6 Å². The van der Waals surface area contributed by atoms with Crippen LogP contribution in [0.3, 0.4) is 0 Å². The molecule has 0 heterocycles. The van der Waals surface area contributed by atoms with Crippen molar-refractivity contribution in [1.29, 1.82) is 0 Å². The van der Waals surface area contributed by atoms with E-state index in [9.17, 15) is 19.1 Å². The van der Waals surface area contributed by atoms with Gasteiger partial charge in [-0.2, -0.15) is 0 Å². The van der Waals surface area contributed by atoms with Crippen molar-refractivity contribution in [3.05, 3.63) is 59.4 Å². The molecule has 0 saturated carbocycles. The monoisotopic (exact) mass is 375 g/mol. The highest BCUT2D eigenvalue weighted by molar-refractivity contribution is 5.78. The normalized spacial score (nSPS) is 11.5. The van der Waals surface area contributed by atoms with Gasteiger partial charge in [-0.3, -0.25) is 4.79 Å². The Labute approximate surface area is 156 Å². The summed E-state index contributed by atoms with van der Waals surface area (Å²) in [4.78, 5) is 23.2. The Hall–Kier alpha value is -3.09. The van der Waals surface area contributed by atoms with Crippen molar-refractivity contribution in [2.24, 2.45) is 0 Å². The van der Waals surface area contributed by atoms with E-state index < -0.39 is 17.9 Å². The fraction of sp³-hybridized carbons (Fsp3) is 0.300. The summed E-state index contributed by atoms with van der Waals surface area (Å²) in [5.74, 6) is -1.13. The molecule has 0 radical (unpaired) electrons. The van der Waals surface area contributed by atoms with Crippen molar-refractivity contribution in [3.63, 3.8) is 0 Å². The molecular weight excluding hydrogens is 353 g/mol. The highest BCUT2D eigenvalue weighted by Gasteiger charge is 2.20. The number of hydrogen-bond acceptors (Lipinski definition) is 4. The molecule has 2 aromatic carbocycles. The number of nitrogens with one attached hydrogen (secondary N) is 1. The number of ether oxygens (including phenoxy) is 2. The highest BCUT2D eigenvalue weighted by Crippen LogP contribution is 2.18. The van der Waals surface area contributed by atoms with Gasteiger partial charge >= 0.3 is 5.97 Å². The molecule has 0 fully saturated rings. The molecule has 1 amide bonds. The Morgan fingerprint density at radius 2 is 1.85 bits per heavy atom. The summed E-state index contributed by atoms with van der Waals surface area (Å²) in [6.07, 6.45) is -1.20. The van der Waals surface area contributed by atoms with E-state index in [4.69, 9.17) is 9.47 Å². The third kappa shape index (κ3) is 6.62. The van der Waals surface area contributed by atoms with Gasteiger partial charge in [-0.15, -0.1) is 0 Å². The molecule has 0 aliphatic carbocycles. The van der Waals surface area contributed by atoms with Gasteiger partial charge in [0.15, 0.2) is 0 Å². The van der Waals surface area contributed by atoms with Gasteiger partial charge in [0.25, 0.3) is 0 Å². The summed E-state index contributed by atoms with van der Waals surface area (Å²) in [5, 5.41) is 11.7. The van der Waals surface area contributed by atoms with Crippen molar-refractivity contribution >= 4 is 11.9 Å². The van der Waals surface area contributed by atoms with Gasteiger partial charge in [-0.1, -0.05) is 17.7 Å². The molecule has 0 spiro atoms. The van der Waals surface area contributed by atoms with E-state index in [2.05, 4.69) is 5.32 Å². The molecule has 1 unspecified atom stereocenters. The van der Waals surface area contributed by atoms with E-state index >= 15 is 0 Å². The zero-order valence-corrected chi connectivity index (χ0v) is 15.2. The smallest absolute Gasteiger partial charge is 0.346 e. The Balaban J connectivity index is 1.78. The molecule has 0 saturated heterocycles. The Morgan fingerprint density at radius 3 is 2.48 bits per heavy atom. The second-order valence-corrected chi connectivity index (χ2v) is 6.07. The maximum Gasteiger partial charge on any atom is 0.346 e. The molecule has 0 bridgehead atoms. The minimum atomic E-state index is -1.28. The van der Waals surface area contributed by atoms with Crippen LogP contribution in [0, 0.1) is 19.7 Å². The zero-order chi connectivity index (χ0) is 19.8. The van der Waals surface area contributed by atoms with Crippen LogP contribution in [0.4, 0.5) is 4.39 Å². The minimum Gasteiger partial charge on any atom is -0.493 e. The van der Waals surface area contributed by atoms with Crippen LogP contribution in [-0.2, 0) is 9.59 Å². The number of carbonyl (C=O) groups excluding carboxylic acids is 1. The summed E-state index contributed by atoms with van der Waals surface area (Å²) in [6, 6.07) is 10.7. The summed E-state index contributed by atoms with van der Waals surface area (Å²) in [6.45, 7) is 3.87. The minimum absolute atomic E-state index is 0.0796. The first kappa shape index (κ1) is 20.2. The van der Waals surface area contributed by atoms with Crippen LogP contribution in [0.15, 0.2) is 42.5 Å². The van der Waals surface area contributed by atoms with Gasteiger partial charge in [-0.25, -0.2) is 9.18 Å². The van der Waals surface area contributed by atoms with E-state index in [1.54, 1.807) is 0 Å². The van der Waals surface area contributed by atoms with Gasteiger partial charge in [0.2, 0.25) is 12.0 Å². The van der Waals surface area contributed by atoms with E-state index in [-0.39, 0.29) is 31.2 Å². The second kappa shape index (κ2) is 9.56. The molecule has 6 nitrogen and oxygen atoms in total. The van der Waals surface area contributed by atoms with Crippen LogP contribution in [0.5, 0.6) is 11.5 Å². The van der Waals surface area contributed by atoms with E-state index in [0.29, 0.717) is 5.75 Å². The number of hydrogen-bond donors (Lipinski definition) is 2. The molecule has 0 aliphatic heterocycles. The first-order valence-electron chi connectivity index (χ1n) is 8.47. The SMILES string of the molecule is Cc1ccc(OCCC(=O)NCC(Oc2ccc(F)cc2)C(=O)O)c(C)c1. The first-order valence-corrected chi connectivity index (χ1v) is 8.47. The van der Waals surface area contributed by atoms with Gasteiger partial charge in [-0.05, 0) is 49.7 Å². The van der Waals surface area contributed by atoms with Crippen molar-refractivity contribution in [1.82, 2.24) is 5.32 Å². The summed E-state index contributed by atoms with van der Waals surface area (Å²) < 4.78 is 23.7. The van der Waals surface area contributed by atoms with Gasteiger partial charge < -0.3 is 19.9 Å². The molecule has 27 heavy (non-hydrogen) atoms. The van der Waals surface area contributed by atoms with Crippen LogP contribution < -0.4 is 14.8 Å². The number of carboxylic acids is 1. The number of carbonyl (C=O) groups is 2. The number of amides is 1. The third-order valence-corrected chi connectivity index (χ3v) is 3.77. The maximum atomic E-state index is 12.9. The summed E-state index contributed by atoms with van der Waals surface area (Å²) in [5.41, 5.74) is 2.10. The zero-order valence-electron chi connectivity index (χ0n) is 15.2. The van der Waals surface area contributed by atoms with Crippen molar-refractivity contribution in [3.8, 4) is 11.5 Å². The fourth-order valence-electron chi connectivity index (χ4n) is 2.37. The van der Waals surface area contributed by atoms with Crippen LogP contribution in [0.1, 0.15) is 17.5 Å². The highest BCUT2D eigenvalue weighted by atomic mass is 19.1. The average molecular weight is 375 g/mol. The lowest BCUT2D eigenvalue weighted by Crippen LogP contribution is -2.40. The number of benzene rings is 2. The molecule has 0 aromatic heterocycles. The van der Waals surface area contributed by atoms with Crippen molar-refractivity contribution in [2.45, 2.75) is 26.4 Å². The molecule has 2 rings (SSSR count). The fourth-order valence-corrected chi connectivity index (χ4v) is 2.37. The third-order valence-electron chi connectivity index (χ3n) is 3.77. The molecular formula is C20H22FNO5. The number of aryl methyl sites for hydroxylation is 2. The van der Waals surface area contributed by atoms with Crippen LogP contribution in [-0.4, -0.2) is 36.2 Å². The number of aliphatic carboxylic acids is 1. The topological polar surface area (TPSA) is 84.9 Å². The van der Waals surface area contributed by atoms with Crippen molar-refractivity contribution in [2.75, 3.05) is 13.2 Å². The van der Waals surface area contributed by atoms with Crippen LogP contribution >= 0.6 is 0 Å². The van der Waals surface area contributed by atoms with Crippen LogP contribution in [0.2, 0.25) is 0 Å². The van der Waals surface area contributed by atoms with E-state index in [1.165, 1.54) is 12.1 Å². The van der Waals surface area contributed by atoms with Gasteiger partial charge in [0.05, 0.1) is 19.6 Å². The van der Waals surface area contributed by atoms with E-state index in [1.807, 2.05) is 32.0 Å². The molecule has 0 aliphatic rings. The lowest BCUT2D eigenvalue weighted by atomic mass is 10.1. The quantitative estimate of drug-likeness (QED) is 0.704. The Bertz CT molecular complexity index is 791. The Morgan fingerprint density at radius 1 is 1.15 bits per heavy atom. The molecule has 144 valence electrons. The molecule has 2 N–H and O–H groups in total. The average Bonchev–Trinajstić information content (AvgIpc) is 2.61. The molecule has 1 atom stereocenters. The maximum absolute atomic E-state index is 12.9. The summed E-state index contributed by atoms with van der Waals surface area (Å²) >= 11 is 0. The second-order valence-electron chi connectivity index (χ2n) is 6.07. The lowest BCUT2D eigenvalue weighted by Gasteiger charge is -2.16. The van der Waals surface area contributed by atoms with Crippen LogP contribution in [0.25, 0.3) is 0 Å². The van der Waals surface area contributed by atoms with Gasteiger partial charge in [0.1, 0.15) is 17.3 Å². The predicted octanol–water partition coefficient (Wildman–Crippen LogP) is 2.86. The number of rotatable bonds is 9. The number of carboxylic acid groups (broad SMARTS) is 1. The largest absolute Gasteiger partial charge is 0.493 e. The van der Waals surface area contributed by atoms with E-state index in [0.717, 1.165) is 23.3 Å². The van der Waals surface area contributed by atoms with Gasteiger partial charge in [0, 0.05) is 0 Å². The lowest BCUT2D eigenvalue weighted by molar-refractivity contribution is -0.145. The standard InChI is InChI=1S/C20H22FNO5/c1-13-3-8-17(14(2)11-13)26-10-9-19(23)22-12-18(20(24)25)27-16-6-4-15(21)5-7-16/h3-8,11,18H,9-10,12H2,1-2H3,(H,22,23)(H,24,25). The predicted molar refractivity (Wildman–Crippen MR) is 97.5 cm³/mol. The first-order chi connectivity index (χ1) is 12.8.